The Bertz CT molecular complexity index is 1110. The van der Waals surface area contributed by atoms with Crippen molar-refractivity contribution < 1.29 is 18.3 Å². The van der Waals surface area contributed by atoms with Gasteiger partial charge in [0.2, 0.25) is 5.76 Å². The van der Waals surface area contributed by atoms with E-state index in [-0.39, 0.29) is 35.5 Å². The van der Waals surface area contributed by atoms with E-state index in [1.165, 1.54) is 18.1 Å². The molecular weight excluding hydrogens is 349 g/mol. The smallest absolute Gasteiger partial charge is 0.290 e. The monoisotopic (exact) mass is 367 g/mol. The van der Waals surface area contributed by atoms with Gasteiger partial charge in [0.25, 0.3) is 5.91 Å². The van der Waals surface area contributed by atoms with Crippen LogP contribution in [0.2, 0.25) is 0 Å². The lowest BCUT2D eigenvalue weighted by atomic mass is 9.98. The van der Waals surface area contributed by atoms with Crippen molar-refractivity contribution in [2.24, 2.45) is 0 Å². The maximum Gasteiger partial charge on any atom is 0.290 e. The third kappa shape index (κ3) is 2.73. The van der Waals surface area contributed by atoms with Crippen LogP contribution < -0.4 is 5.43 Å². The van der Waals surface area contributed by atoms with Crippen LogP contribution in [0.25, 0.3) is 11.0 Å². The molecule has 138 valence electrons. The van der Waals surface area contributed by atoms with Crippen LogP contribution in [0.5, 0.6) is 0 Å². The van der Waals surface area contributed by atoms with Gasteiger partial charge < -0.3 is 14.1 Å². The van der Waals surface area contributed by atoms with Crippen molar-refractivity contribution in [3.63, 3.8) is 0 Å². The van der Waals surface area contributed by atoms with Crippen LogP contribution in [0, 0.1) is 12.7 Å². The van der Waals surface area contributed by atoms with E-state index in [0.717, 1.165) is 5.56 Å². The van der Waals surface area contributed by atoms with E-state index < -0.39 is 17.8 Å². The number of fused-ring (bicyclic) bond motifs is 2. The van der Waals surface area contributed by atoms with E-state index in [0.29, 0.717) is 11.0 Å². The molecule has 2 heterocycles. The van der Waals surface area contributed by atoms with E-state index in [4.69, 9.17) is 9.15 Å². The molecule has 4 rings (SSSR count). The summed E-state index contributed by atoms with van der Waals surface area (Å²) in [4.78, 5) is 27.6. The first kappa shape index (κ1) is 17.4. The molecule has 0 unspecified atom stereocenters. The van der Waals surface area contributed by atoms with Gasteiger partial charge in [0.1, 0.15) is 11.4 Å². The molecule has 0 fully saturated rings. The fourth-order valence-corrected chi connectivity index (χ4v) is 3.57. The number of rotatable bonds is 4. The number of hydrogen-bond donors (Lipinski definition) is 0. The molecule has 0 bridgehead atoms. The molecule has 1 aliphatic heterocycles. The number of methoxy groups -OCH3 is 1. The number of benzene rings is 2. The average molecular weight is 367 g/mol. The standard InChI is InChI=1S/C21H18FNO4/c1-12-7-8-16-14(11-12)19(24)17-18(13-5-3-4-6-15(13)22)23(9-10-26-2)21(25)20(17)27-16/h3-8,11,18H,9-10H2,1-2H3/t18-/m0/s1. The summed E-state index contributed by atoms with van der Waals surface area (Å²) in [6, 6.07) is 10.5. The summed E-state index contributed by atoms with van der Waals surface area (Å²) in [6.45, 7) is 2.35. The van der Waals surface area contributed by atoms with Crippen molar-refractivity contribution in [2.75, 3.05) is 20.3 Å². The molecule has 0 N–H and O–H groups in total. The second-order valence-electron chi connectivity index (χ2n) is 6.59. The highest BCUT2D eigenvalue weighted by molar-refractivity contribution is 5.99. The van der Waals surface area contributed by atoms with Crippen LogP contribution in [-0.2, 0) is 4.74 Å². The number of carbonyl (C=O) groups is 1. The van der Waals surface area contributed by atoms with Crippen molar-refractivity contribution >= 4 is 16.9 Å². The first-order chi connectivity index (χ1) is 13.0. The number of aryl methyl sites for hydroxylation is 1. The number of carbonyl (C=O) groups excluding carboxylic acids is 1. The second kappa shape index (κ2) is 6.63. The Morgan fingerprint density at radius 2 is 1.96 bits per heavy atom. The Hall–Kier alpha value is -2.99. The van der Waals surface area contributed by atoms with Gasteiger partial charge in [0, 0.05) is 19.2 Å². The predicted molar refractivity (Wildman–Crippen MR) is 98.4 cm³/mol. The van der Waals surface area contributed by atoms with Gasteiger partial charge in [-0.15, -0.1) is 0 Å². The molecule has 6 heteroatoms. The van der Waals surface area contributed by atoms with Crippen LogP contribution >= 0.6 is 0 Å². The van der Waals surface area contributed by atoms with Gasteiger partial charge in [0.15, 0.2) is 5.43 Å². The third-order valence-electron chi connectivity index (χ3n) is 4.86. The van der Waals surface area contributed by atoms with E-state index in [1.807, 2.05) is 13.0 Å². The maximum absolute atomic E-state index is 14.6. The molecule has 0 saturated carbocycles. The first-order valence-corrected chi connectivity index (χ1v) is 8.64. The number of nitrogens with zero attached hydrogens (tertiary/aromatic N) is 1. The summed E-state index contributed by atoms with van der Waals surface area (Å²) >= 11 is 0. The summed E-state index contributed by atoms with van der Waals surface area (Å²) < 4.78 is 25.5. The van der Waals surface area contributed by atoms with Gasteiger partial charge in [-0.25, -0.2) is 4.39 Å². The van der Waals surface area contributed by atoms with Crippen molar-refractivity contribution in [3.05, 3.63) is 81.0 Å². The lowest BCUT2D eigenvalue weighted by Gasteiger charge is -2.25. The van der Waals surface area contributed by atoms with Crippen molar-refractivity contribution in [2.45, 2.75) is 13.0 Å². The quantitative estimate of drug-likeness (QED) is 0.709. The average Bonchev–Trinajstić information content (AvgIpc) is 2.93. The summed E-state index contributed by atoms with van der Waals surface area (Å²) in [5.74, 6) is -0.940. The minimum Gasteiger partial charge on any atom is -0.450 e. The van der Waals surface area contributed by atoms with Gasteiger partial charge in [0.05, 0.1) is 23.6 Å². The maximum atomic E-state index is 14.6. The van der Waals surface area contributed by atoms with Gasteiger partial charge in [-0.1, -0.05) is 29.8 Å². The molecule has 3 aromatic rings. The Balaban J connectivity index is 2.00. The molecule has 2 aromatic carbocycles. The molecule has 1 aromatic heterocycles. The fraction of sp³-hybridized carbons (Fsp3) is 0.238. The Kier molecular flexibility index (Phi) is 4.28. The number of amides is 1. The van der Waals surface area contributed by atoms with Crippen molar-refractivity contribution in [1.29, 1.82) is 0 Å². The minimum atomic E-state index is -0.843. The minimum absolute atomic E-state index is 0.0271. The molecule has 0 radical (unpaired) electrons. The lowest BCUT2D eigenvalue weighted by molar-refractivity contribution is 0.0661. The molecule has 1 aliphatic rings. The normalized spacial score (nSPS) is 16.2. The summed E-state index contributed by atoms with van der Waals surface area (Å²) in [7, 11) is 1.52. The number of ether oxygens (including phenoxy) is 1. The van der Waals surface area contributed by atoms with Gasteiger partial charge >= 0.3 is 0 Å². The van der Waals surface area contributed by atoms with Crippen molar-refractivity contribution in [1.82, 2.24) is 4.90 Å². The summed E-state index contributed by atoms with van der Waals surface area (Å²) in [5.41, 5.74) is 1.38. The molecule has 5 nitrogen and oxygen atoms in total. The lowest BCUT2D eigenvalue weighted by Crippen LogP contribution is -2.33. The highest BCUT2D eigenvalue weighted by atomic mass is 19.1. The van der Waals surface area contributed by atoms with Crippen LogP contribution in [0.3, 0.4) is 0 Å². The number of halogens is 1. The molecule has 0 saturated heterocycles. The molecule has 27 heavy (non-hydrogen) atoms. The summed E-state index contributed by atoms with van der Waals surface area (Å²) in [5, 5.41) is 0.386. The van der Waals surface area contributed by atoms with Gasteiger partial charge in [-0.2, -0.15) is 0 Å². The van der Waals surface area contributed by atoms with Crippen LogP contribution in [0.4, 0.5) is 4.39 Å². The van der Waals surface area contributed by atoms with Crippen molar-refractivity contribution in [3.8, 4) is 0 Å². The highest BCUT2D eigenvalue weighted by Crippen LogP contribution is 2.38. The molecule has 1 amide bonds. The topological polar surface area (TPSA) is 59.8 Å². The zero-order valence-electron chi connectivity index (χ0n) is 15.0. The number of hydrogen-bond acceptors (Lipinski definition) is 4. The SMILES string of the molecule is COCCN1C(=O)c2oc3ccc(C)cc3c(=O)c2[C@@H]1c1ccccc1F. The Morgan fingerprint density at radius 3 is 2.70 bits per heavy atom. The summed E-state index contributed by atoms with van der Waals surface area (Å²) in [6.07, 6.45) is 0. The van der Waals surface area contributed by atoms with E-state index in [9.17, 15) is 14.0 Å². The van der Waals surface area contributed by atoms with Crippen LogP contribution in [0.15, 0.2) is 51.7 Å². The van der Waals surface area contributed by atoms with E-state index in [1.54, 1.807) is 30.3 Å². The van der Waals surface area contributed by atoms with E-state index >= 15 is 0 Å². The van der Waals surface area contributed by atoms with E-state index in [2.05, 4.69) is 0 Å². The molecule has 0 spiro atoms. The Morgan fingerprint density at radius 1 is 1.19 bits per heavy atom. The molecule has 1 atom stereocenters. The third-order valence-corrected chi connectivity index (χ3v) is 4.86. The van der Waals surface area contributed by atoms with Crippen LogP contribution in [-0.4, -0.2) is 31.1 Å². The Labute approximate surface area is 155 Å². The first-order valence-electron chi connectivity index (χ1n) is 8.64. The zero-order valence-corrected chi connectivity index (χ0v) is 15.0. The van der Waals surface area contributed by atoms with Gasteiger partial charge in [-0.05, 0) is 25.1 Å². The zero-order chi connectivity index (χ0) is 19.1. The van der Waals surface area contributed by atoms with Gasteiger partial charge in [-0.3, -0.25) is 9.59 Å². The second-order valence-corrected chi connectivity index (χ2v) is 6.59. The molecular formula is C21H18FNO4. The largest absolute Gasteiger partial charge is 0.450 e. The highest BCUT2D eigenvalue weighted by Gasteiger charge is 2.43. The fourth-order valence-electron chi connectivity index (χ4n) is 3.57. The van der Waals surface area contributed by atoms with Crippen LogP contribution in [0.1, 0.15) is 33.3 Å². The predicted octanol–water partition coefficient (Wildman–Crippen LogP) is 3.43. The molecule has 0 aliphatic carbocycles.